The van der Waals surface area contributed by atoms with Gasteiger partial charge in [0.15, 0.2) is 0 Å². The second kappa shape index (κ2) is 8.84. The van der Waals surface area contributed by atoms with Crippen molar-refractivity contribution in [2.24, 2.45) is 5.92 Å². The summed E-state index contributed by atoms with van der Waals surface area (Å²) in [5, 5.41) is 3.69. The molecule has 3 aromatic rings. The molecular weight excluding hydrogens is 444 g/mol. The van der Waals surface area contributed by atoms with E-state index >= 15 is 0 Å². The molecule has 5 rings (SSSR count). The third-order valence-corrected chi connectivity index (χ3v) is 8.34. The van der Waals surface area contributed by atoms with Crippen LogP contribution in [0.5, 0.6) is 5.75 Å². The Morgan fingerprint density at radius 3 is 2.62 bits per heavy atom. The molecule has 1 aliphatic heterocycles. The number of allylic oxidation sites excluding steroid dienone is 2. The zero-order valence-electron chi connectivity index (χ0n) is 19.7. The number of rotatable bonds is 6. The van der Waals surface area contributed by atoms with Crippen LogP contribution in [-0.4, -0.2) is 15.0 Å². The summed E-state index contributed by atoms with van der Waals surface area (Å²) in [5.41, 5.74) is 5.88. The van der Waals surface area contributed by atoms with Crippen molar-refractivity contribution in [3.8, 4) is 5.75 Å². The second-order valence-corrected chi connectivity index (χ2v) is 10.8. The Morgan fingerprint density at radius 1 is 1.00 bits per heavy atom. The van der Waals surface area contributed by atoms with E-state index in [0.717, 1.165) is 40.1 Å². The highest BCUT2D eigenvalue weighted by atomic mass is 32.2. The first-order chi connectivity index (χ1) is 16.4. The minimum atomic E-state index is -3.71. The average molecular weight is 475 g/mol. The molecule has 3 atom stereocenters. The fraction of sp³-hybridized carbons (Fsp3) is 0.286. The largest absolute Gasteiger partial charge is 0.494 e. The Kier molecular flexibility index (Phi) is 5.86. The molecule has 0 aromatic heterocycles. The molecule has 0 radical (unpaired) electrons. The molecule has 34 heavy (non-hydrogen) atoms. The summed E-state index contributed by atoms with van der Waals surface area (Å²) in [6, 6.07) is 19.3. The summed E-state index contributed by atoms with van der Waals surface area (Å²) < 4.78 is 35.1. The van der Waals surface area contributed by atoms with Gasteiger partial charge in [-0.25, -0.2) is 8.42 Å². The Balaban J connectivity index is 1.49. The van der Waals surface area contributed by atoms with Crippen LogP contribution < -0.4 is 14.8 Å². The molecule has 5 nitrogen and oxygen atoms in total. The van der Waals surface area contributed by atoms with Crippen LogP contribution in [0.4, 0.5) is 11.4 Å². The van der Waals surface area contributed by atoms with Crippen molar-refractivity contribution in [3.63, 3.8) is 0 Å². The zero-order valence-corrected chi connectivity index (χ0v) is 20.5. The van der Waals surface area contributed by atoms with Crippen molar-refractivity contribution in [3.05, 3.63) is 95.1 Å². The molecule has 0 amide bonds. The van der Waals surface area contributed by atoms with E-state index in [4.69, 9.17) is 4.74 Å². The highest BCUT2D eigenvalue weighted by Crippen LogP contribution is 2.51. The molecule has 2 aliphatic rings. The predicted octanol–water partition coefficient (Wildman–Crippen LogP) is 6.33. The predicted molar refractivity (Wildman–Crippen MR) is 137 cm³/mol. The van der Waals surface area contributed by atoms with Crippen LogP contribution in [0, 0.1) is 19.8 Å². The Hall–Kier alpha value is -3.25. The molecule has 3 unspecified atom stereocenters. The molecule has 1 aliphatic carbocycles. The molecule has 1 heterocycles. The third-order valence-electron chi connectivity index (χ3n) is 6.96. The van der Waals surface area contributed by atoms with Crippen molar-refractivity contribution >= 4 is 21.4 Å². The van der Waals surface area contributed by atoms with E-state index in [1.807, 2.05) is 63.2 Å². The fourth-order valence-electron chi connectivity index (χ4n) is 5.09. The molecule has 0 bridgehead atoms. The van der Waals surface area contributed by atoms with E-state index in [2.05, 4.69) is 28.3 Å². The van der Waals surface area contributed by atoms with E-state index in [-0.39, 0.29) is 16.9 Å². The van der Waals surface area contributed by atoms with Gasteiger partial charge in [0.2, 0.25) is 0 Å². The van der Waals surface area contributed by atoms with Crippen molar-refractivity contribution in [1.82, 2.24) is 0 Å². The topological polar surface area (TPSA) is 67.4 Å². The number of para-hydroxylation sites is 1. The van der Waals surface area contributed by atoms with Gasteiger partial charge in [-0.3, -0.25) is 4.72 Å². The van der Waals surface area contributed by atoms with Crippen LogP contribution >= 0.6 is 0 Å². The van der Waals surface area contributed by atoms with Gasteiger partial charge in [-0.05, 0) is 86.2 Å². The van der Waals surface area contributed by atoms with Gasteiger partial charge in [0.25, 0.3) is 10.0 Å². The highest BCUT2D eigenvalue weighted by molar-refractivity contribution is 7.92. The van der Waals surface area contributed by atoms with E-state index in [0.29, 0.717) is 18.2 Å². The Morgan fingerprint density at radius 2 is 1.82 bits per heavy atom. The minimum absolute atomic E-state index is 0.0892. The summed E-state index contributed by atoms with van der Waals surface area (Å²) in [7, 11) is -3.71. The first kappa shape index (κ1) is 22.5. The number of aryl methyl sites for hydroxylation is 2. The van der Waals surface area contributed by atoms with Gasteiger partial charge in [0.05, 0.1) is 17.5 Å². The lowest BCUT2D eigenvalue weighted by molar-refractivity contribution is 0.326. The molecule has 3 aromatic carbocycles. The normalized spacial score (nSPS) is 20.9. The van der Waals surface area contributed by atoms with E-state index in [9.17, 15) is 8.42 Å². The Bertz CT molecular complexity index is 1360. The van der Waals surface area contributed by atoms with Crippen molar-refractivity contribution in [2.75, 3.05) is 16.6 Å². The van der Waals surface area contributed by atoms with Gasteiger partial charge in [0, 0.05) is 22.9 Å². The summed E-state index contributed by atoms with van der Waals surface area (Å²) in [6.07, 6.45) is 5.35. The van der Waals surface area contributed by atoms with Crippen LogP contribution in [0.2, 0.25) is 0 Å². The number of nitrogens with one attached hydrogen (secondary N) is 2. The first-order valence-corrected chi connectivity index (χ1v) is 13.2. The first-order valence-electron chi connectivity index (χ1n) is 11.8. The van der Waals surface area contributed by atoms with Gasteiger partial charge in [-0.2, -0.15) is 0 Å². The van der Waals surface area contributed by atoms with Gasteiger partial charge in [-0.1, -0.05) is 36.4 Å². The maximum Gasteiger partial charge on any atom is 0.261 e. The molecule has 0 saturated carbocycles. The number of fused-ring (bicyclic) bond motifs is 3. The summed E-state index contributed by atoms with van der Waals surface area (Å²) in [4.78, 5) is 0.276. The second-order valence-electron chi connectivity index (χ2n) is 9.10. The van der Waals surface area contributed by atoms with Crippen LogP contribution in [0.15, 0.2) is 77.7 Å². The number of hydrogen-bond donors (Lipinski definition) is 2. The molecule has 176 valence electrons. The summed E-state index contributed by atoms with van der Waals surface area (Å²) >= 11 is 0. The maximum absolute atomic E-state index is 13.2. The number of anilines is 2. The molecule has 6 heteroatoms. The van der Waals surface area contributed by atoms with Crippen LogP contribution in [0.3, 0.4) is 0 Å². The molecular formula is C28H30N2O3S. The quantitative estimate of drug-likeness (QED) is 0.410. The molecule has 0 spiro atoms. The monoisotopic (exact) mass is 474 g/mol. The number of ether oxygens (including phenoxy) is 1. The summed E-state index contributed by atoms with van der Waals surface area (Å²) in [5.74, 6) is 1.33. The lowest BCUT2D eigenvalue weighted by Crippen LogP contribution is -2.29. The SMILES string of the molecule is CCOc1ccccc1C1Nc2ccc(S(=O)(=O)Nc3ccc(C)c(C)c3)cc2C2C=CCC21. The standard InChI is InChI=1S/C28H30N2O3S/c1-4-33-27-11-6-5-8-24(27)28-23-10-7-9-22(23)25-17-21(14-15-26(25)29-28)34(31,32)30-20-13-12-18(2)19(3)16-20/h5-9,11-17,22-23,28-30H,4,10H2,1-3H3. The van der Waals surface area contributed by atoms with E-state index in [1.165, 1.54) is 0 Å². The highest BCUT2D eigenvalue weighted by Gasteiger charge is 2.39. The fourth-order valence-corrected chi connectivity index (χ4v) is 6.18. The van der Waals surface area contributed by atoms with Crippen LogP contribution in [0.1, 0.15) is 47.6 Å². The van der Waals surface area contributed by atoms with Crippen LogP contribution in [0.25, 0.3) is 0 Å². The third kappa shape index (κ3) is 4.07. The van der Waals surface area contributed by atoms with Gasteiger partial charge >= 0.3 is 0 Å². The van der Waals surface area contributed by atoms with Crippen molar-refractivity contribution < 1.29 is 13.2 Å². The molecule has 0 fully saturated rings. The number of hydrogen-bond acceptors (Lipinski definition) is 4. The van der Waals surface area contributed by atoms with Crippen LogP contribution in [-0.2, 0) is 10.0 Å². The van der Waals surface area contributed by atoms with E-state index < -0.39 is 10.0 Å². The van der Waals surface area contributed by atoms with Crippen molar-refractivity contribution in [2.45, 2.75) is 44.0 Å². The van der Waals surface area contributed by atoms with Gasteiger partial charge < -0.3 is 10.1 Å². The van der Waals surface area contributed by atoms with Gasteiger partial charge in [0.1, 0.15) is 5.75 Å². The lowest BCUT2D eigenvalue weighted by Gasteiger charge is -2.38. The zero-order chi connectivity index (χ0) is 23.9. The molecule has 2 N–H and O–H groups in total. The average Bonchev–Trinajstić information content (AvgIpc) is 3.31. The van der Waals surface area contributed by atoms with Gasteiger partial charge in [-0.15, -0.1) is 0 Å². The minimum Gasteiger partial charge on any atom is -0.494 e. The summed E-state index contributed by atoms with van der Waals surface area (Å²) in [6.45, 7) is 6.59. The van der Waals surface area contributed by atoms with Crippen molar-refractivity contribution in [1.29, 1.82) is 0 Å². The number of benzene rings is 3. The Labute approximate surface area is 201 Å². The maximum atomic E-state index is 13.2. The lowest BCUT2D eigenvalue weighted by atomic mass is 9.77. The smallest absolute Gasteiger partial charge is 0.261 e. The number of sulfonamides is 1. The molecule has 0 saturated heterocycles. The van der Waals surface area contributed by atoms with E-state index in [1.54, 1.807) is 12.1 Å².